The molecule has 1 amide bonds. The highest BCUT2D eigenvalue weighted by molar-refractivity contribution is 5.80. The molecule has 1 N–H and O–H groups in total. The molecule has 0 saturated heterocycles. The van der Waals surface area contributed by atoms with Crippen molar-refractivity contribution in [1.82, 2.24) is 5.32 Å². The Kier molecular flexibility index (Phi) is 6.76. The van der Waals surface area contributed by atoms with Gasteiger partial charge < -0.3 is 14.9 Å². The summed E-state index contributed by atoms with van der Waals surface area (Å²) in [5, 5.41) is 6.41. The molecule has 0 spiro atoms. The van der Waals surface area contributed by atoms with Crippen LogP contribution in [0.3, 0.4) is 0 Å². The maximum Gasteiger partial charge on any atom is 0.261 e. The van der Waals surface area contributed by atoms with Crippen LogP contribution < -0.4 is 10.1 Å². The van der Waals surface area contributed by atoms with Gasteiger partial charge >= 0.3 is 0 Å². The van der Waals surface area contributed by atoms with Gasteiger partial charge in [-0.05, 0) is 54.4 Å². The van der Waals surface area contributed by atoms with Crippen molar-refractivity contribution >= 4 is 12.1 Å². The minimum Gasteiger partial charge on any atom is -0.494 e. The first kappa shape index (κ1) is 17.5. The molecule has 0 radical (unpaired) electrons. The number of hydrogen-bond donors (Lipinski definition) is 1. The highest BCUT2D eigenvalue weighted by Gasteiger charge is 2.01. The number of hydrogen-bond acceptors (Lipinski definition) is 4. The van der Waals surface area contributed by atoms with E-state index in [1.807, 2.05) is 31.2 Å². The van der Waals surface area contributed by atoms with Crippen molar-refractivity contribution in [3.8, 4) is 5.75 Å². The largest absolute Gasteiger partial charge is 0.494 e. The van der Waals surface area contributed by atoms with Crippen LogP contribution in [-0.2, 0) is 16.2 Å². The highest BCUT2D eigenvalue weighted by Crippen LogP contribution is 2.10. The normalized spacial score (nSPS) is 10.6. The SMILES string of the molecule is CCOc1ccc(/C=N\OCC(=O)NCc2ccc(F)cc2)cc1. The molecule has 0 saturated carbocycles. The predicted octanol–water partition coefficient (Wildman–Crippen LogP) is 2.89. The smallest absolute Gasteiger partial charge is 0.261 e. The van der Waals surface area contributed by atoms with Crippen LogP contribution in [0, 0.1) is 5.82 Å². The third kappa shape index (κ3) is 6.08. The Morgan fingerprint density at radius 2 is 1.88 bits per heavy atom. The summed E-state index contributed by atoms with van der Waals surface area (Å²) in [5.74, 6) is 0.177. The van der Waals surface area contributed by atoms with E-state index in [1.165, 1.54) is 18.3 Å². The van der Waals surface area contributed by atoms with Crippen molar-refractivity contribution in [2.75, 3.05) is 13.2 Å². The summed E-state index contributed by atoms with van der Waals surface area (Å²) in [6.45, 7) is 2.66. The number of halogens is 1. The molecule has 5 nitrogen and oxygen atoms in total. The standard InChI is InChI=1S/C18H19FN2O3/c1-2-23-17-9-5-15(6-10-17)12-21-24-13-18(22)20-11-14-3-7-16(19)8-4-14/h3-10,12H,2,11,13H2,1H3,(H,20,22)/b21-12-. The van der Waals surface area contributed by atoms with Crippen LogP contribution in [0.5, 0.6) is 5.75 Å². The Hall–Kier alpha value is -2.89. The number of benzene rings is 2. The van der Waals surface area contributed by atoms with Gasteiger partial charge in [0.2, 0.25) is 0 Å². The van der Waals surface area contributed by atoms with Gasteiger partial charge in [0.05, 0.1) is 12.8 Å². The summed E-state index contributed by atoms with van der Waals surface area (Å²) >= 11 is 0. The van der Waals surface area contributed by atoms with E-state index < -0.39 is 0 Å². The first-order valence-corrected chi connectivity index (χ1v) is 7.56. The molecule has 24 heavy (non-hydrogen) atoms. The van der Waals surface area contributed by atoms with E-state index in [1.54, 1.807) is 12.1 Å². The van der Waals surface area contributed by atoms with Gasteiger partial charge in [-0.3, -0.25) is 4.79 Å². The van der Waals surface area contributed by atoms with Gasteiger partial charge in [-0.25, -0.2) is 4.39 Å². The van der Waals surface area contributed by atoms with E-state index in [2.05, 4.69) is 10.5 Å². The third-order valence-corrected chi connectivity index (χ3v) is 3.07. The van der Waals surface area contributed by atoms with E-state index in [-0.39, 0.29) is 18.3 Å². The first-order valence-electron chi connectivity index (χ1n) is 7.56. The Bertz CT molecular complexity index is 670. The monoisotopic (exact) mass is 330 g/mol. The zero-order valence-corrected chi connectivity index (χ0v) is 13.4. The van der Waals surface area contributed by atoms with Gasteiger partial charge in [-0.2, -0.15) is 0 Å². The van der Waals surface area contributed by atoms with Gasteiger partial charge in [0.1, 0.15) is 11.6 Å². The lowest BCUT2D eigenvalue weighted by atomic mass is 10.2. The van der Waals surface area contributed by atoms with E-state index in [4.69, 9.17) is 9.57 Å². The fourth-order valence-corrected chi connectivity index (χ4v) is 1.86. The van der Waals surface area contributed by atoms with Crippen molar-refractivity contribution in [2.45, 2.75) is 13.5 Å². The molecule has 0 atom stereocenters. The van der Waals surface area contributed by atoms with Crippen LogP contribution in [-0.4, -0.2) is 25.3 Å². The number of oxime groups is 1. The molecule has 6 heteroatoms. The van der Waals surface area contributed by atoms with Gasteiger partial charge in [-0.15, -0.1) is 0 Å². The average Bonchev–Trinajstić information content (AvgIpc) is 2.60. The molecule has 0 heterocycles. The quantitative estimate of drug-likeness (QED) is 0.598. The summed E-state index contributed by atoms with van der Waals surface area (Å²) in [6, 6.07) is 13.3. The average molecular weight is 330 g/mol. The molecule has 2 aromatic carbocycles. The maximum atomic E-state index is 12.8. The van der Waals surface area contributed by atoms with Crippen LogP contribution in [0.4, 0.5) is 4.39 Å². The number of amides is 1. The van der Waals surface area contributed by atoms with Crippen LogP contribution in [0.15, 0.2) is 53.7 Å². The zero-order chi connectivity index (χ0) is 17.2. The van der Waals surface area contributed by atoms with Crippen LogP contribution in [0.25, 0.3) is 0 Å². The lowest BCUT2D eigenvalue weighted by molar-refractivity contribution is -0.125. The van der Waals surface area contributed by atoms with Crippen molar-refractivity contribution in [2.24, 2.45) is 5.16 Å². The van der Waals surface area contributed by atoms with Crippen molar-refractivity contribution in [1.29, 1.82) is 0 Å². The second-order valence-electron chi connectivity index (χ2n) is 4.91. The first-order chi connectivity index (χ1) is 11.7. The topological polar surface area (TPSA) is 59.9 Å². The van der Waals surface area contributed by atoms with Crippen molar-refractivity contribution < 1.29 is 18.8 Å². The van der Waals surface area contributed by atoms with Gasteiger partial charge in [0.15, 0.2) is 6.61 Å². The van der Waals surface area contributed by atoms with Crippen LogP contribution in [0.2, 0.25) is 0 Å². The molecule has 0 fully saturated rings. The van der Waals surface area contributed by atoms with E-state index >= 15 is 0 Å². The van der Waals surface area contributed by atoms with Crippen molar-refractivity contribution in [3.63, 3.8) is 0 Å². The Morgan fingerprint density at radius 1 is 1.17 bits per heavy atom. The van der Waals surface area contributed by atoms with Crippen LogP contribution in [0.1, 0.15) is 18.1 Å². The molecule has 126 valence electrons. The molecular weight excluding hydrogens is 311 g/mol. The lowest BCUT2D eigenvalue weighted by Gasteiger charge is -2.04. The Labute approximate surface area is 140 Å². The number of nitrogens with one attached hydrogen (secondary N) is 1. The molecule has 0 aliphatic heterocycles. The third-order valence-electron chi connectivity index (χ3n) is 3.07. The van der Waals surface area contributed by atoms with Gasteiger partial charge in [-0.1, -0.05) is 17.3 Å². The second-order valence-corrected chi connectivity index (χ2v) is 4.91. The Balaban J connectivity index is 1.68. The second kappa shape index (κ2) is 9.29. The molecule has 0 bridgehead atoms. The summed E-state index contributed by atoms with van der Waals surface area (Å²) < 4.78 is 18.1. The van der Waals surface area contributed by atoms with E-state index in [9.17, 15) is 9.18 Å². The number of carbonyl (C=O) groups is 1. The summed E-state index contributed by atoms with van der Waals surface area (Å²) in [5.41, 5.74) is 1.65. The molecule has 0 aromatic heterocycles. The van der Waals surface area contributed by atoms with E-state index in [0.717, 1.165) is 16.9 Å². The van der Waals surface area contributed by atoms with Crippen LogP contribution >= 0.6 is 0 Å². The maximum absolute atomic E-state index is 12.8. The van der Waals surface area contributed by atoms with E-state index in [0.29, 0.717) is 13.2 Å². The van der Waals surface area contributed by atoms with Gasteiger partial charge in [0, 0.05) is 6.54 Å². The molecule has 2 rings (SSSR count). The Morgan fingerprint density at radius 3 is 2.54 bits per heavy atom. The molecule has 0 aliphatic carbocycles. The number of carbonyl (C=O) groups excluding carboxylic acids is 1. The zero-order valence-electron chi connectivity index (χ0n) is 13.4. The highest BCUT2D eigenvalue weighted by atomic mass is 19.1. The van der Waals surface area contributed by atoms with Gasteiger partial charge in [0.25, 0.3) is 5.91 Å². The molecular formula is C18H19FN2O3. The van der Waals surface area contributed by atoms with Crippen molar-refractivity contribution in [3.05, 3.63) is 65.5 Å². The minimum absolute atomic E-state index is 0.186. The number of nitrogens with zero attached hydrogens (tertiary/aromatic N) is 1. The minimum atomic E-state index is -0.308. The summed E-state index contributed by atoms with van der Waals surface area (Å²) in [6.07, 6.45) is 1.52. The molecule has 0 unspecified atom stereocenters. The fourth-order valence-electron chi connectivity index (χ4n) is 1.86. The number of rotatable bonds is 8. The molecule has 2 aromatic rings. The fraction of sp³-hybridized carbons (Fsp3) is 0.222. The summed E-state index contributed by atoms with van der Waals surface area (Å²) in [7, 11) is 0. The summed E-state index contributed by atoms with van der Waals surface area (Å²) in [4.78, 5) is 16.6. The number of ether oxygens (including phenoxy) is 1. The molecule has 0 aliphatic rings. The predicted molar refractivity (Wildman–Crippen MR) is 89.4 cm³/mol. The lowest BCUT2D eigenvalue weighted by Crippen LogP contribution is -2.26.